The molecule has 0 aromatic carbocycles. The molecule has 0 aliphatic heterocycles. The van der Waals surface area contributed by atoms with Gasteiger partial charge in [-0.05, 0) is 13.8 Å². The second-order valence-corrected chi connectivity index (χ2v) is 2.45. The predicted octanol–water partition coefficient (Wildman–Crippen LogP) is -0.0425. The quantitative estimate of drug-likeness (QED) is 0.261. The van der Waals surface area contributed by atoms with Gasteiger partial charge in [0.1, 0.15) is 6.61 Å². The van der Waals surface area contributed by atoms with E-state index in [0.717, 1.165) is 0 Å². The van der Waals surface area contributed by atoms with Crippen LogP contribution >= 0.6 is 0 Å². The first-order chi connectivity index (χ1) is 5.07. The number of nitrogens with one attached hydrogen (secondary N) is 1. The molecule has 0 amide bonds. The van der Waals surface area contributed by atoms with Gasteiger partial charge in [-0.1, -0.05) is 6.58 Å². The average Bonchev–Trinajstić information content (AvgIpc) is 1.99. The van der Waals surface area contributed by atoms with Crippen molar-refractivity contribution in [3.8, 4) is 0 Å². The first-order valence-electron chi connectivity index (χ1n) is 3.36. The van der Waals surface area contributed by atoms with E-state index in [1.54, 1.807) is 6.92 Å². The number of carbonyl (C=O) groups excluding carboxylic acids is 1. The molecule has 0 saturated heterocycles. The van der Waals surface area contributed by atoms with E-state index >= 15 is 0 Å². The molecule has 0 fully saturated rings. The highest BCUT2D eigenvalue weighted by Gasteiger charge is 2.05. The lowest BCUT2D eigenvalue weighted by Gasteiger charge is -2.09. The summed E-state index contributed by atoms with van der Waals surface area (Å²) in [5.74, 6) is 4.69. The molecule has 0 aromatic rings. The maximum absolute atomic E-state index is 10.8. The Hall–Kier alpha value is -0.870. The SMILES string of the molecule is C=C(C)C(=O)OCC(C)NN. The molecule has 1 unspecified atom stereocenters. The maximum atomic E-state index is 10.8. The van der Waals surface area contributed by atoms with Crippen LogP contribution in [0.3, 0.4) is 0 Å². The van der Waals surface area contributed by atoms with Gasteiger partial charge in [0.15, 0.2) is 0 Å². The zero-order chi connectivity index (χ0) is 8.85. The van der Waals surface area contributed by atoms with E-state index in [1.165, 1.54) is 0 Å². The van der Waals surface area contributed by atoms with Crippen LogP contribution in [-0.4, -0.2) is 18.6 Å². The van der Waals surface area contributed by atoms with Crippen molar-refractivity contribution in [3.05, 3.63) is 12.2 Å². The fourth-order valence-corrected chi connectivity index (χ4v) is 0.372. The van der Waals surface area contributed by atoms with Gasteiger partial charge in [-0.3, -0.25) is 11.3 Å². The van der Waals surface area contributed by atoms with E-state index < -0.39 is 0 Å². The lowest BCUT2D eigenvalue weighted by molar-refractivity contribution is -0.139. The summed E-state index contributed by atoms with van der Waals surface area (Å²) in [7, 11) is 0. The summed E-state index contributed by atoms with van der Waals surface area (Å²) in [5.41, 5.74) is 2.85. The third-order valence-corrected chi connectivity index (χ3v) is 1.10. The molecule has 0 aliphatic carbocycles. The average molecular weight is 158 g/mol. The highest BCUT2D eigenvalue weighted by molar-refractivity contribution is 5.86. The number of esters is 1. The Kier molecular flexibility index (Phi) is 4.49. The first-order valence-corrected chi connectivity index (χ1v) is 3.36. The molecule has 0 aliphatic rings. The molecule has 4 nitrogen and oxygen atoms in total. The maximum Gasteiger partial charge on any atom is 0.333 e. The van der Waals surface area contributed by atoms with Gasteiger partial charge in [-0.15, -0.1) is 0 Å². The molecule has 0 spiro atoms. The van der Waals surface area contributed by atoms with E-state index in [1.807, 2.05) is 6.92 Å². The van der Waals surface area contributed by atoms with Gasteiger partial charge in [0.2, 0.25) is 0 Å². The number of hydrazine groups is 1. The summed E-state index contributed by atoms with van der Waals surface area (Å²) < 4.78 is 4.78. The van der Waals surface area contributed by atoms with Crippen LogP contribution < -0.4 is 11.3 Å². The van der Waals surface area contributed by atoms with Crippen molar-refractivity contribution in [3.63, 3.8) is 0 Å². The van der Waals surface area contributed by atoms with Crippen LogP contribution in [0.15, 0.2) is 12.2 Å². The number of carbonyl (C=O) groups is 1. The van der Waals surface area contributed by atoms with Crippen LogP contribution in [-0.2, 0) is 9.53 Å². The van der Waals surface area contributed by atoms with Crippen LogP contribution in [0, 0.1) is 0 Å². The van der Waals surface area contributed by atoms with Gasteiger partial charge in [0.25, 0.3) is 0 Å². The summed E-state index contributed by atoms with van der Waals surface area (Å²) in [6, 6.07) is -0.0294. The number of hydrogen-bond donors (Lipinski definition) is 2. The van der Waals surface area contributed by atoms with Gasteiger partial charge in [-0.2, -0.15) is 0 Å². The zero-order valence-electron chi connectivity index (χ0n) is 6.89. The van der Waals surface area contributed by atoms with Gasteiger partial charge in [0.05, 0.1) is 6.04 Å². The second-order valence-electron chi connectivity index (χ2n) is 2.45. The standard InChI is InChI=1S/C7H14N2O2/c1-5(2)7(10)11-4-6(3)9-8/h6,9H,1,4,8H2,2-3H3. The van der Waals surface area contributed by atoms with Crippen molar-refractivity contribution in [1.29, 1.82) is 0 Å². The minimum atomic E-state index is -0.382. The summed E-state index contributed by atoms with van der Waals surface area (Å²) in [5, 5.41) is 0. The number of nitrogens with two attached hydrogens (primary N) is 1. The Morgan fingerprint density at radius 3 is 2.73 bits per heavy atom. The zero-order valence-corrected chi connectivity index (χ0v) is 6.89. The van der Waals surface area contributed by atoms with Crippen molar-refractivity contribution < 1.29 is 9.53 Å². The molecule has 11 heavy (non-hydrogen) atoms. The Balaban J connectivity index is 3.54. The lowest BCUT2D eigenvalue weighted by Crippen LogP contribution is -2.36. The van der Waals surface area contributed by atoms with Crippen molar-refractivity contribution in [2.75, 3.05) is 6.61 Å². The van der Waals surface area contributed by atoms with Crippen LogP contribution in [0.5, 0.6) is 0 Å². The van der Waals surface area contributed by atoms with Crippen LogP contribution in [0.2, 0.25) is 0 Å². The highest BCUT2D eigenvalue weighted by atomic mass is 16.5. The van der Waals surface area contributed by atoms with E-state index in [2.05, 4.69) is 12.0 Å². The molecule has 1 atom stereocenters. The predicted molar refractivity (Wildman–Crippen MR) is 42.6 cm³/mol. The topological polar surface area (TPSA) is 64.3 Å². The summed E-state index contributed by atoms with van der Waals surface area (Å²) in [6.45, 7) is 7.11. The smallest absolute Gasteiger partial charge is 0.333 e. The summed E-state index contributed by atoms with van der Waals surface area (Å²) in [6.07, 6.45) is 0. The Morgan fingerprint density at radius 2 is 2.36 bits per heavy atom. The van der Waals surface area contributed by atoms with Crippen LogP contribution in [0.25, 0.3) is 0 Å². The molecule has 64 valence electrons. The van der Waals surface area contributed by atoms with Crippen LogP contribution in [0.1, 0.15) is 13.8 Å². The minimum Gasteiger partial charge on any atom is -0.461 e. The Bertz CT molecular complexity index is 157. The monoisotopic (exact) mass is 158 g/mol. The molecule has 0 aromatic heterocycles. The molecular formula is C7H14N2O2. The second kappa shape index (κ2) is 4.87. The van der Waals surface area contributed by atoms with E-state index in [9.17, 15) is 4.79 Å². The highest BCUT2D eigenvalue weighted by Crippen LogP contribution is 1.92. The third kappa shape index (κ3) is 4.52. The normalized spacial score (nSPS) is 12.3. The number of hydrogen-bond acceptors (Lipinski definition) is 4. The Labute approximate surface area is 66.4 Å². The molecular weight excluding hydrogens is 144 g/mol. The first kappa shape index (κ1) is 10.1. The number of ether oxygens (including phenoxy) is 1. The van der Waals surface area contributed by atoms with Gasteiger partial charge in [0, 0.05) is 5.57 Å². The Morgan fingerprint density at radius 1 is 1.82 bits per heavy atom. The largest absolute Gasteiger partial charge is 0.461 e. The molecule has 0 saturated carbocycles. The summed E-state index contributed by atoms with van der Waals surface area (Å²) >= 11 is 0. The van der Waals surface area contributed by atoms with Crippen molar-refractivity contribution in [1.82, 2.24) is 5.43 Å². The van der Waals surface area contributed by atoms with Gasteiger partial charge in [-0.25, -0.2) is 4.79 Å². The molecule has 0 rings (SSSR count). The molecule has 3 N–H and O–H groups in total. The third-order valence-electron chi connectivity index (χ3n) is 1.10. The number of rotatable bonds is 4. The molecule has 0 radical (unpaired) electrons. The lowest BCUT2D eigenvalue weighted by atomic mass is 10.3. The van der Waals surface area contributed by atoms with Gasteiger partial charge >= 0.3 is 5.97 Å². The van der Waals surface area contributed by atoms with Crippen LogP contribution in [0.4, 0.5) is 0 Å². The molecule has 0 heterocycles. The van der Waals surface area contributed by atoms with Crippen molar-refractivity contribution in [2.45, 2.75) is 19.9 Å². The minimum absolute atomic E-state index is 0.0294. The molecule has 4 heteroatoms. The summed E-state index contributed by atoms with van der Waals surface area (Å²) in [4.78, 5) is 10.8. The van der Waals surface area contributed by atoms with Crippen molar-refractivity contribution >= 4 is 5.97 Å². The fourth-order valence-electron chi connectivity index (χ4n) is 0.372. The van der Waals surface area contributed by atoms with E-state index in [4.69, 9.17) is 10.6 Å². The molecule has 0 bridgehead atoms. The van der Waals surface area contributed by atoms with E-state index in [-0.39, 0.29) is 18.6 Å². The van der Waals surface area contributed by atoms with Gasteiger partial charge < -0.3 is 4.74 Å². The van der Waals surface area contributed by atoms with E-state index in [0.29, 0.717) is 5.57 Å². The fraction of sp³-hybridized carbons (Fsp3) is 0.571. The van der Waals surface area contributed by atoms with Crippen molar-refractivity contribution in [2.24, 2.45) is 5.84 Å².